The summed E-state index contributed by atoms with van der Waals surface area (Å²) in [4.78, 5) is 10.3. The smallest absolute Gasteiger partial charge is 0.237 e. The Morgan fingerprint density at radius 3 is 1.62 bits per heavy atom. The van der Waals surface area contributed by atoms with E-state index in [1.54, 1.807) is 18.2 Å². The van der Waals surface area contributed by atoms with Crippen LogP contribution < -0.4 is 0 Å². The minimum absolute atomic E-state index is 0.00860. The quantitative estimate of drug-likeness (QED) is 0.158. The molecule has 0 unspecified atom stereocenters. The number of rotatable bonds is 2. The van der Waals surface area contributed by atoms with Crippen molar-refractivity contribution in [2.24, 2.45) is 0 Å². The molecule has 0 amide bonds. The van der Waals surface area contributed by atoms with Crippen molar-refractivity contribution in [1.82, 2.24) is 0 Å². The van der Waals surface area contributed by atoms with Crippen LogP contribution in [-0.2, 0) is 12.4 Å². The Balaban J connectivity index is 1.93. The average Bonchev–Trinajstić information content (AvgIpc) is 3.51. The van der Waals surface area contributed by atoms with E-state index in [0.717, 1.165) is 17.2 Å². The minimum Gasteiger partial charge on any atom is -0.237 e. The van der Waals surface area contributed by atoms with Crippen LogP contribution in [0.3, 0.4) is 0 Å². The van der Waals surface area contributed by atoms with Crippen LogP contribution in [0.25, 0.3) is 48.1 Å². The van der Waals surface area contributed by atoms with Gasteiger partial charge in [-0.25, -0.2) is 25.1 Å². The maximum absolute atomic E-state index is 13.9. The molecule has 0 atom stereocenters. The molecule has 12 heteroatoms. The fourth-order valence-corrected chi connectivity index (χ4v) is 6.07. The lowest BCUT2D eigenvalue weighted by atomic mass is 9.91. The van der Waals surface area contributed by atoms with Gasteiger partial charge in [0.2, 0.25) is 5.70 Å². The first-order chi connectivity index (χ1) is 22.6. The number of hydrogen-bond donors (Lipinski definition) is 0. The zero-order valence-electron chi connectivity index (χ0n) is 24.6. The number of alkyl halides is 6. The summed E-state index contributed by atoms with van der Waals surface area (Å²) in [5.74, 6) is 0. The monoisotopic (exact) mass is 644 g/mol. The summed E-state index contributed by atoms with van der Waals surface area (Å²) in [7, 11) is 0. The highest BCUT2D eigenvalue weighted by atomic mass is 19.4. The van der Waals surface area contributed by atoms with Crippen molar-refractivity contribution in [1.29, 1.82) is 15.8 Å². The Kier molecular flexibility index (Phi) is 7.79. The molecule has 2 aliphatic rings. The topological polar surface area (TPSA) is 84.4 Å². The van der Waals surface area contributed by atoms with E-state index in [1.807, 2.05) is 32.1 Å². The van der Waals surface area contributed by atoms with Crippen LogP contribution in [-0.4, -0.2) is 0 Å². The van der Waals surface area contributed by atoms with Gasteiger partial charge >= 0.3 is 12.4 Å². The molecule has 3 aromatic carbocycles. The first-order valence-electron chi connectivity index (χ1n) is 13.5. The number of nitrogens with zero attached hydrogens (tertiary/aromatic N) is 6. The molecule has 0 aliphatic heterocycles. The van der Waals surface area contributed by atoms with Crippen molar-refractivity contribution in [3.63, 3.8) is 0 Å². The van der Waals surface area contributed by atoms with Crippen LogP contribution in [0.5, 0.6) is 0 Å². The average molecular weight is 645 g/mol. The molecule has 5 rings (SSSR count). The number of fused-ring (bicyclic) bond motifs is 2. The highest BCUT2D eigenvalue weighted by molar-refractivity contribution is 6.29. The standard InChI is InChI=1S/C36H14F6N6/c1-17-8-18(2)10-20(9-17)31-33(29(16-45)47-4)23-12-21-22(13-24(23)34(31)48-5)32(28(15-44)46-3)30(25(21)14-43)19-6-7-26(35(37,38)39)27(11-19)36(40,41)42/h6-13H,1-2H3/b32-28+,33-29-. The molecule has 0 radical (unpaired) electrons. The van der Waals surface area contributed by atoms with Gasteiger partial charge in [0, 0.05) is 5.57 Å². The Labute approximate surface area is 269 Å². The van der Waals surface area contributed by atoms with Gasteiger partial charge < -0.3 is 0 Å². The summed E-state index contributed by atoms with van der Waals surface area (Å²) < 4.78 is 82.6. The third-order valence-electron chi connectivity index (χ3n) is 7.77. The van der Waals surface area contributed by atoms with Gasteiger partial charge in [0.15, 0.2) is 0 Å². The number of hydrogen-bond acceptors (Lipinski definition) is 3. The van der Waals surface area contributed by atoms with Crippen molar-refractivity contribution in [2.45, 2.75) is 26.2 Å². The van der Waals surface area contributed by atoms with Gasteiger partial charge in [-0.05, 0) is 82.1 Å². The van der Waals surface area contributed by atoms with E-state index < -0.39 is 40.4 Å². The third-order valence-corrected chi connectivity index (χ3v) is 7.77. The number of aryl methyl sites for hydroxylation is 2. The van der Waals surface area contributed by atoms with Crippen molar-refractivity contribution >= 4 is 33.6 Å². The molecule has 0 N–H and O–H groups in total. The van der Waals surface area contributed by atoms with Crippen LogP contribution in [0.15, 0.2) is 59.9 Å². The summed E-state index contributed by atoms with van der Waals surface area (Å²) in [6.45, 7) is 27.0. The van der Waals surface area contributed by atoms with Crippen molar-refractivity contribution in [3.05, 3.63) is 150 Å². The molecular weight excluding hydrogens is 630 g/mol. The fraction of sp³-hybridized carbons (Fsp3) is 0.111. The molecule has 0 heterocycles. The number of benzene rings is 3. The van der Waals surface area contributed by atoms with Crippen LogP contribution in [0.4, 0.5) is 26.3 Å². The zero-order chi connectivity index (χ0) is 35.3. The number of nitriles is 3. The second kappa shape index (κ2) is 11.5. The van der Waals surface area contributed by atoms with E-state index in [-0.39, 0.29) is 67.9 Å². The highest BCUT2D eigenvalue weighted by Gasteiger charge is 2.44. The van der Waals surface area contributed by atoms with E-state index in [1.165, 1.54) is 12.1 Å². The lowest BCUT2D eigenvalue weighted by Gasteiger charge is -2.18. The summed E-state index contributed by atoms with van der Waals surface area (Å²) in [6, 6.07) is 14.6. The first-order valence-corrected chi connectivity index (χ1v) is 13.5. The van der Waals surface area contributed by atoms with Crippen molar-refractivity contribution < 1.29 is 26.3 Å². The van der Waals surface area contributed by atoms with E-state index in [0.29, 0.717) is 5.56 Å². The SMILES string of the molecule is [C-]#[N+]C1=C(c2cc(C)cc(C)c2)/C(=C(/C#N)[N+]#[C-])c2cc3c(cc21)/C(=C(/C#N)[N+]#[C-])C(c1ccc(C(F)(F)F)c(C(F)(F)F)c1)=C3C#N. The minimum atomic E-state index is -5.46. The molecule has 6 nitrogen and oxygen atoms in total. The lowest BCUT2D eigenvalue weighted by molar-refractivity contribution is -0.162. The van der Waals surface area contributed by atoms with Crippen LogP contribution >= 0.6 is 0 Å². The van der Waals surface area contributed by atoms with Gasteiger partial charge in [-0.3, -0.25) is 0 Å². The highest BCUT2D eigenvalue weighted by Crippen LogP contribution is 2.55. The van der Waals surface area contributed by atoms with E-state index in [2.05, 4.69) is 14.5 Å². The van der Waals surface area contributed by atoms with Crippen molar-refractivity contribution in [2.75, 3.05) is 0 Å². The molecule has 2 aliphatic carbocycles. The van der Waals surface area contributed by atoms with Gasteiger partial charge in [0.25, 0.3) is 11.4 Å². The molecule has 0 saturated heterocycles. The van der Waals surface area contributed by atoms with Gasteiger partial charge in [0.05, 0.1) is 48.6 Å². The molecule has 230 valence electrons. The summed E-state index contributed by atoms with van der Waals surface area (Å²) in [6.07, 6.45) is -10.8. The van der Waals surface area contributed by atoms with Gasteiger partial charge in [-0.2, -0.15) is 31.6 Å². The van der Waals surface area contributed by atoms with Crippen LogP contribution in [0, 0.1) is 67.6 Å². The maximum atomic E-state index is 13.9. The third kappa shape index (κ3) is 5.05. The summed E-state index contributed by atoms with van der Waals surface area (Å²) in [5.41, 5.74) is -3.88. The lowest BCUT2D eigenvalue weighted by Crippen LogP contribution is -2.16. The maximum Gasteiger partial charge on any atom is 0.417 e. The largest absolute Gasteiger partial charge is 0.417 e. The van der Waals surface area contributed by atoms with E-state index in [4.69, 9.17) is 19.7 Å². The molecule has 0 aromatic heterocycles. The molecule has 0 saturated carbocycles. The Hall–Kier alpha value is -6.86. The molecular formula is C36H14F6N6. The second-order valence-electron chi connectivity index (χ2n) is 10.7. The second-order valence-corrected chi connectivity index (χ2v) is 10.7. The van der Waals surface area contributed by atoms with E-state index in [9.17, 15) is 42.1 Å². The predicted molar refractivity (Wildman–Crippen MR) is 163 cm³/mol. The summed E-state index contributed by atoms with van der Waals surface area (Å²) >= 11 is 0. The predicted octanol–water partition coefficient (Wildman–Crippen LogP) is 9.90. The molecule has 0 fully saturated rings. The molecule has 0 spiro atoms. The molecule has 0 bridgehead atoms. The van der Waals surface area contributed by atoms with E-state index >= 15 is 0 Å². The Morgan fingerprint density at radius 2 is 1.15 bits per heavy atom. The van der Waals surface area contributed by atoms with Gasteiger partial charge in [-0.15, -0.1) is 0 Å². The van der Waals surface area contributed by atoms with Crippen molar-refractivity contribution in [3.8, 4) is 18.2 Å². The first kappa shape index (κ1) is 32.5. The Morgan fingerprint density at radius 1 is 0.625 bits per heavy atom. The number of allylic oxidation sites excluding steroid dienone is 7. The zero-order valence-corrected chi connectivity index (χ0v) is 24.6. The fourth-order valence-electron chi connectivity index (χ4n) is 6.07. The molecule has 3 aromatic rings. The van der Waals surface area contributed by atoms with Gasteiger partial charge in [-0.1, -0.05) is 41.5 Å². The Bertz CT molecular complexity index is 2340. The normalized spacial score (nSPS) is 15.7. The van der Waals surface area contributed by atoms with Gasteiger partial charge in [0.1, 0.15) is 6.07 Å². The summed E-state index contributed by atoms with van der Waals surface area (Å²) in [5, 5.41) is 30.2. The number of halogens is 6. The van der Waals surface area contributed by atoms with Crippen LogP contribution in [0.1, 0.15) is 55.6 Å². The van der Waals surface area contributed by atoms with Crippen LogP contribution in [0.2, 0.25) is 0 Å². The molecule has 48 heavy (non-hydrogen) atoms.